The molecule has 1 heterocycles. The van der Waals surface area contributed by atoms with E-state index in [1.54, 1.807) is 11.5 Å². The molecular formula is C13H17N4S+. The first kappa shape index (κ1) is 12.7. The number of hydrogen-bond donors (Lipinski definition) is 0. The summed E-state index contributed by atoms with van der Waals surface area (Å²) >= 11 is 1.59. The molecule has 0 N–H and O–H groups in total. The Morgan fingerprint density at radius 1 is 1.11 bits per heavy atom. The monoisotopic (exact) mass is 261 g/mol. The molecule has 94 valence electrons. The maximum atomic E-state index is 4.24. The molecule has 1 aromatic heterocycles. The lowest BCUT2D eigenvalue weighted by molar-refractivity contribution is -0.607. The van der Waals surface area contributed by atoms with Gasteiger partial charge in [-0.25, -0.2) is 0 Å². The Kier molecular flexibility index (Phi) is 3.72. The van der Waals surface area contributed by atoms with Gasteiger partial charge < -0.3 is 4.90 Å². The van der Waals surface area contributed by atoms with E-state index in [4.69, 9.17) is 0 Å². The number of aromatic nitrogens is 1. The van der Waals surface area contributed by atoms with Gasteiger partial charge >= 0.3 is 0 Å². The van der Waals surface area contributed by atoms with Crippen molar-refractivity contribution in [2.75, 3.05) is 19.0 Å². The Hall–Kier alpha value is -1.75. The van der Waals surface area contributed by atoms with Crippen molar-refractivity contribution in [3.63, 3.8) is 0 Å². The largest absolute Gasteiger partial charge is 0.378 e. The summed E-state index contributed by atoms with van der Waals surface area (Å²) in [6.45, 7) is 2.06. The number of hydrogen-bond acceptors (Lipinski definition) is 4. The van der Waals surface area contributed by atoms with E-state index in [-0.39, 0.29) is 0 Å². The summed E-state index contributed by atoms with van der Waals surface area (Å²) < 4.78 is 2.07. The SMILES string of the molecule is Cc1cc(N=Nc2ccc(N(C)C)cc2)s[n+]1C. The molecule has 0 saturated heterocycles. The first-order valence-corrected chi connectivity index (χ1v) is 6.49. The van der Waals surface area contributed by atoms with Gasteiger partial charge in [-0.05, 0) is 24.3 Å². The molecule has 0 aliphatic rings. The predicted octanol–water partition coefficient (Wildman–Crippen LogP) is 3.36. The molecule has 0 aliphatic heterocycles. The third-order valence-corrected chi connectivity index (χ3v) is 3.64. The lowest BCUT2D eigenvalue weighted by Gasteiger charge is -2.11. The predicted molar refractivity (Wildman–Crippen MR) is 75.2 cm³/mol. The smallest absolute Gasteiger partial charge is 0.208 e. The second-order valence-corrected chi connectivity index (χ2v) is 5.47. The van der Waals surface area contributed by atoms with Crippen LogP contribution in [-0.4, -0.2) is 14.1 Å². The van der Waals surface area contributed by atoms with Gasteiger partial charge in [0.1, 0.15) is 0 Å². The lowest BCUT2D eigenvalue weighted by Crippen LogP contribution is -2.24. The van der Waals surface area contributed by atoms with Crippen LogP contribution in [0.2, 0.25) is 0 Å². The topological polar surface area (TPSA) is 31.8 Å². The maximum Gasteiger partial charge on any atom is 0.208 e. The van der Waals surface area contributed by atoms with E-state index in [9.17, 15) is 0 Å². The summed E-state index contributed by atoms with van der Waals surface area (Å²) in [6, 6.07) is 10.0. The second-order valence-electron chi connectivity index (χ2n) is 4.32. The molecule has 0 saturated carbocycles. The minimum absolute atomic E-state index is 0.870. The Balaban J connectivity index is 2.13. The average molecular weight is 261 g/mol. The van der Waals surface area contributed by atoms with Crippen LogP contribution in [0.5, 0.6) is 0 Å². The van der Waals surface area contributed by atoms with E-state index >= 15 is 0 Å². The quantitative estimate of drug-likeness (QED) is 0.616. The van der Waals surface area contributed by atoms with Crippen LogP contribution in [0.3, 0.4) is 0 Å². The summed E-state index contributed by atoms with van der Waals surface area (Å²) in [5, 5.41) is 9.40. The van der Waals surface area contributed by atoms with Crippen LogP contribution >= 0.6 is 11.5 Å². The molecule has 5 heteroatoms. The third kappa shape index (κ3) is 2.92. The molecule has 1 aromatic carbocycles. The number of azo groups is 1. The molecule has 4 nitrogen and oxygen atoms in total. The molecule has 18 heavy (non-hydrogen) atoms. The zero-order valence-corrected chi connectivity index (χ0v) is 11.9. The van der Waals surface area contributed by atoms with Gasteiger partial charge in [0.2, 0.25) is 5.00 Å². The molecule has 0 unspecified atom stereocenters. The zero-order chi connectivity index (χ0) is 13.1. The van der Waals surface area contributed by atoms with E-state index in [0.717, 1.165) is 16.4 Å². The summed E-state index contributed by atoms with van der Waals surface area (Å²) in [4.78, 5) is 2.06. The van der Waals surface area contributed by atoms with Crippen molar-refractivity contribution in [2.24, 2.45) is 17.3 Å². The average Bonchev–Trinajstić information content (AvgIpc) is 2.67. The van der Waals surface area contributed by atoms with Crippen molar-refractivity contribution < 1.29 is 3.96 Å². The van der Waals surface area contributed by atoms with Crippen molar-refractivity contribution in [2.45, 2.75) is 6.92 Å². The second kappa shape index (κ2) is 5.27. The van der Waals surface area contributed by atoms with Gasteiger partial charge in [0.25, 0.3) is 0 Å². The minimum Gasteiger partial charge on any atom is -0.378 e. The van der Waals surface area contributed by atoms with Gasteiger partial charge in [0, 0.05) is 32.8 Å². The summed E-state index contributed by atoms with van der Waals surface area (Å²) in [5.41, 5.74) is 3.22. The number of rotatable bonds is 3. The van der Waals surface area contributed by atoms with Crippen molar-refractivity contribution in [3.8, 4) is 0 Å². The van der Waals surface area contributed by atoms with Crippen LogP contribution in [-0.2, 0) is 7.05 Å². The minimum atomic E-state index is 0.870. The molecule has 0 bridgehead atoms. The van der Waals surface area contributed by atoms with Crippen LogP contribution in [0.4, 0.5) is 16.4 Å². The van der Waals surface area contributed by atoms with Gasteiger partial charge in [0.15, 0.2) is 24.3 Å². The lowest BCUT2D eigenvalue weighted by atomic mass is 10.3. The Labute approximate surface area is 111 Å². The summed E-state index contributed by atoms with van der Waals surface area (Å²) in [7, 11) is 6.06. The molecule has 2 aromatic rings. The number of aryl methyl sites for hydroxylation is 2. The van der Waals surface area contributed by atoms with Gasteiger partial charge in [0.05, 0.1) is 5.69 Å². The molecular weight excluding hydrogens is 244 g/mol. The molecule has 0 fully saturated rings. The van der Waals surface area contributed by atoms with Crippen LogP contribution in [0.25, 0.3) is 0 Å². The van der Waals surface area contributed by atoms with E-state index in [2.05, 4.69) is 26.0 Å². The van der Waals surface area contributed by atoms with E-state index < -0.39 is 0 Å². The van der Waals surface area contributed by atoms with Crippen molar-refractivity contribution in [3.05, 3.63) is 36.0 Å². The number of nitrogens with zero attached hydrogens (tertiary/aromatic N) is 4. The van der Waals surface area contributed by atoms with Crippen LogP contribution < -0.4 is 8.86 Å². The van der Waals surface area contributed by atoms with Crippen molar-refractivity contribution in [1.29, 1.82) is 0 Å². The molecule has 0 aliphatic carbocycles. The van der Waals surface area contributed by atoms with E-state index in [1.165, 1.54) is 5.69 Å². The fourth-order valence-electron chi connectivity index (χ4n) is 1.48. The Bertz CT molecular complexity index is 535. The van der Waals surface area contributed by atoms with Crippen LogP contribution in [0.15, 0.2) is 40.6 Å². The van der Waals surface area contributed by atoms with Gasteiger partial charge in [-0.2, -0.15) is 0 Å². The standard InChI is InChI=1S/C13H17N4S/c1-10-9-13(18-17(10)4)15-14-11-5-7-12(8-6-11)16(2)3/h5-9H,1-4H3/q+1. The molecule has 0 amide bonds. The molecule has 0 spiro atoms. The molecule has 0 radical (unpaired) electrons. The molecule has 2 rings (SSSR count). The van der Waals surface area contributed by atoms with Gasteiger partial charge in [-0.3, -0.25) is 0 Å². The summed E-state index contributed by atoms with van der Waals surface area (Å²) in [6.07, 6.45) is 0. The summed E-state index contributed by atoms with van der Waals surface area (Å²) in [5.74, 6) is 0. The maximum absolute atomic E-state index is 4.24. The number of anilines is 1. The van der Waals surface area contributed by atoms with Gasteiger partial charge in [-0.1, -0.05) is 0 Å². The highest BCUT2D eigenvalue weighted by atomic mass is 32.1. The van der Waals surface area contributed by atoms with E-state index in [1.807, 2.05) is 51.5 Å². The zero-order valence-electron chi connectivity index (χ0n) is 11.1. The highest BCUT2D eigenvalue weighted by Crippen LogP contribution is 2.23. The van der Waals surface area contributed by atoms with Crippen molar-refractivity contribution >= 4 is 27.9 Å². The highest BCUT2D eigenvalue weighted by molar-refractivity contribution is 7.05. The fourth-order valence-corrected chi connectivity index (χ4v) is 2.26. The van der Waals surface area contributed by atoms with Crippen LogP contribution in [0, 0.1) is 6.92 Å². The molecule has 0 atom stereocenters. The highest BCUT2D eigenvalue weighted by Gasteiger charge is 2.08. The Morgan fingerprint density at radius 3 is 2.28 bits per heavy atom. The van der Waals surface area contributed by atoms with Crippen molar-refractivity contribution in [1.82, 2.24) is 0 Å². The normalized spacial score (nSPS) is 11.1. The fraction of sp³-hybridized carbons (Fsp3) is 0.308. The third-order valence-electron chi connectivity index (χ3n) is 2.69. The first-order valence-electron chi connectivity index (χ1n) is 5.72. The number of benzene rings is 1. The van der Waals surface area contributed by atoms with Crippen LogP contribution in [0.1, 0.15) is 5.69 Å². The Morgan fingerprint density at radius 2 is 1.78 bits per heavy atom. The van der Waals surface area contributed by atoms with E-state index in [0.29, 0.717) is 0 Å². The van der Waals surface area contributed by atoms with Gasteiger partial charge in [-0.15, -0.1) is 14.2 Å². The first-order chi connectivity index (χ1) is 8.56.